The third kappa shape index (κ3) is 4.31. The molecule has 0 aliphatic carbocycles. The van der Waals surface area contributed by atoms with Crippen LogP contribution in [0.4, 0.5) is 5.69 Å². The second-order valence-corrected chi connectivity index (χ2v) is 12.3. The largest absolute Gasteiger partial charge is 0.319 e. The third-order valence-corrected chi connectivity index (χ3v) is 9.59. The van der Waals surface area contributed by atoms with Crippen molar-refractivity contribution < 1.29 is 0 Å². The average Bonchev–Trinajstić information content (AvgIpc) is 3.70. The Morgan fingerprint density at radius 3 is 1.92 bits per heavy atom. The number of hydrogen-bond donors (Lipinski definition) is 0. The van der Waals surface area contributed by atoms with Crippen molar-refractivity contribution in [3.05, 3.63) is 174 Å². The zero-order chi connectivity index (χ0) is 33.8. The van der Waals surface area contributed by atoms with Crippen LogP contribution in [-0.4, -0.2) is 9.13 Å². The quantitative estimate of drug-likeness (QED) is 0.181. The minimum atomic E-state index is 0.574. The van der Waals surface area contributed by atoms with E-state index in [0.29, 0.717) is 16.8 Å². The summed E-state index contributed by atoms with van der Waals surface area (Å²) in [7, 11) is 0. The fraction of sp³-hybridized carbons (Fsp3) is 0. The summed E-state index contributed by atoms with van der Waals surface area (Å²) in [5, 5.41) is 24.3. The van der Waals surface area contributed by atoms with Gasteiger partial charge in [-0.15, -0.1) is 0 Å². The van der Waals surface area contributed by atoms with E-state index >= 15 is 0 Å². The fourth-order valence-electron chi connectivity index (χ4n) is 7.46. The van der Waals surface area contributed by atoms with E-state index in [0.717, 1.165) is 77.2 Å². The van der Waals surface area contributed by atoms with E-state index < -0.39 is 0 Å². The van der Waals surface area contributed by atoms with E-state index in [-0.39, 0.29) is 0 Å². The first-order valence-electron chi connectivity index (χ1n) is 16.3. The minimum absolute atomic E-state index is 0.574. The molecule has 0 unspecified atom stereocenters. The van der Waals surface area contributed by atoms with Gasteiger partial charge >= 0.3 is 0 Å². The van der Waals surface area contributed by atoms with Gasteiger partial charge in [0.15, 0.2) is 0 Å². The van der Waals surface area contributed by atoms with E-state index in [1.54, 1.807) is 0 Å². The van der Waals surface area contributed by atoms with Crippen molar-refractivity contribution in [3.8, 4) is 45.8 Å². The highest BCUT2D eigenvalue weighted by Crippen LogP contribution is 2.41. The van der Waals surface area contributed by atoms with Crippen LogP contribution in [-0.2, 0) is 0 Å². The zero-order valence-corrected chi connectivity index (χ0v) is 26.7. The molecular weight excluding hydrogens is 611 g/mol. The number of benzene rings is 7. The molecule has 5 heteroatoms. The SMILES string of the molecule is [C-]#[N+]c1cccc2c3ccccc3n(-c3cccc(-c4cccc(-c5c(C#N)cccc5-n5c6ccccc6c6cc(C#N)ccc65)c4)c3)c12. The number of para-hydroxylation sites is 3. The van der Waals surface area contributed by atoms with E-state index in [2.05, 4.69) is 105 Å². The highest BCUT2D eigenvalue weighted by atomic mass is 15.0. The summed E-state index contributed by atoms with van der Waals surface area (Å²) in [5.41, 5.74) is 11.4. The van der Waals surface area contributed by atoms with Gasteiger partial charge in [-0.05, 0) is 82.7 Å². The first kappa shape index (κ1) is 28.8. The summed E-state index contributed by atoms with van der Waals surface area (Å²) in [6.07, 6.45) is 0. The normalized spacial score (nSPS) is 11.1. The van der Waals surface area contributed by atoms with Gasteiger partial charge in [0.1, 0.15) is 0 Å². The maximum Gasteiger partial charge on any atom is 0.211 e. The lowest BCUT2D eigenvalue weighted by Crippen LogP contribution is -1.99. The Bertz CT molecular complexity index is 2970. The molecule has 0 bridgehead atoms. The van der Waals surface area contributed by atoms with Crippen LogP contribution < -0.4 is 0 Å². The molecule has 50 heavy (non-hydrogen) atoms. The summed E-state index contributed by atoms with van der Waals surface area (Å²) < 4.78 is 4.39. The second-order valence-electron chi connectivity index (χ2n) is 12.3. The maximum absolute atomic E-state index is 10.4. The number of nitriles is 2. The van der Waals surface area contributed by atoms with Gasteiger partial charge in [-0.2, -0.15) is 10.5 Å². The van der Waals surface area contributed by atoms with Crippen molar-refractivity contribution in [2.45, 2.75) is 0 Å². The van der Waals surface area contributed by atoms with E-state index in [9.17, 15) is 10.5 Å². The predicted molar refractivity (Wildman–Crippen MR) is 202 cm³/mol. The van der Waals surface area contributed by atoms with Crippen molar-refractivity contribution in [1.82, 2.24) is 9.13 Å². The molecule has 5 nitrogen and oxygen atoms in total. The molecule has 2 heterocycles. The summed E-state index contributed by atoms with van der Waals surface area (Å²) in [5.74, 6) is 0. The maximum atomic E-state index is 10.4. The first-order valence-corrected chi connectivity index (χ1v) is 16.3. The van der Waals surface area contributed by atoms with Crippen LogP contribution >= 0.6 is 0 Å². The average molecular weight is 636 g/mol. The van der Waals surface area contributed by atoms with E-state index in [4.69, 9.17) is 6.57 Å². The number of rotatable bonds is 4. The smallest absolute Gasteiger partial charge is 0.211 e. The van der Waals surface area contributed by atoms with Crippen molar-refractivity contribution in [2.24, 2.45) is 0 Å². The first-order chi connectivity index (χ1) is 24.7. The van der Waals surface area contributed by atoms with Gasteiger partial charge in [0.2, 0.25) is 5.69 Å². The van der Waals surface area contributed by atoms with Crippen LogP contribution in [0.1, 0.15) is 11.1 Å². The molecule has 0 spiro atoms. The molecule has 0 radical (unpaired) electrons. The standard InChI is InChI=1S/C45H25N5/c1-48-39-18-9-17-37-35-15-2-4-19-40(35)49(45(37)39)34-14-7-11-31(26-34)30-10-6-12-32(25-30)44-33(28-47)13-8-21-43(44)50-41-20-5-3-16-36(41)38-24-29(27-46)22-23-42(38)50/h2-26H. The molecule has 0 aliphatic heterocycles. The lowest BCUT2D eigenvalue weighted by Gasteiger charge is -2.16. The summed E-state index contributed by atoms with van der Waals surface area (Å²) in [6.45, 7) is 7.92. The Morgan fingerprint density at radius 2 is 1.14 bits per heavy atom. The zero-order valence-electron chi connectivity index (χ0n) is 26.7. The fourth-order valence-corrected chi connectivity index (χ4v) is 7.46. The highest BCUT2D eigenvalue weighted by molar-refractivity contribution is 6.13. The predicted octanol–water partition coefficient (Wildman–Crippen LogP) is 11.5. The molecule has 0 aliphatic rings. The summed E-state index contributed by atoms with van der Waals surface area (Å²) in [6, 6.07) is 55.5. The second kappa shape index (κ2) is 11.4. The van der Waals surface area contributed by atoms with Crippen LogP contribution in [0.5, 0.6) is 0 Å². The number of fused-ring (bicyclic) bond motifs is 6. The van der Waals surface area contributed by atoms with Crippen molar-refractivity contribution in [3.63, 3.8) is 0 Å². The molecule has 7 aromatic carbocycles. The molecule has 0 fully saturated rings. The molecule has 0 N–H and O–H groups in total. The molecular formula is C45H25N5. The lowest BCUT2D eigenvalue weighted by atomic mass is 9.94. The molecule has 0 saturated heterocycles. The van der Waals surface area contributed by atoms with Crippen LogP contribution in [0.3, 0.4) is 0 Å². The van der Waals surface area contributed by atoms with Crippen molar-refractivity contribution >= 4 is 49.3 Å². The van der Waals surface area contributed by atoms with Crippen molar-refractivity contribution in [2.75, 3.05) is 0 Å². The summed E-state index contributed by atoms with van der Waals surface area (Å²) in [4.78, 5) is 3.88. The van der Waals surface area contributed by atoms with Gasteiger partial charge in [-0.1, -0.05) is 91.0 Å². The molecule has 0 amide bonds. The van der Waals surface area contributed by atoms with Gasteiger partial charge in [-0.3, -0.25) is 0 Å². The number of nitrogens with zero attached hydrogens (tertiary/aromatic N) is 5. The molecule has 2 aromatic heterocycles. The topological polar surface area (TPSA) is 61.8 Å². The molecule has 9 rings (SSSR count). The Morgan fingerprint density at radius 1 is 0.500 bits per heavy atom. The van der Waals surface area contributed by atoms with Gasteiger partial charge in [-0.25, -0.2) is 4.85 Å². The summed E-state index contributed by atoms with van der Waals surface area (Å²) >= 11 is 0. The minimum Gasteiger partial charge on any atom is -0.319 e. The van der Waals surface area contributed by atoms with Crippen molar-refractivity contribution in [1.29, 1.82) is 10.5 Å². The van der Waals surface area contributed by atoms with Crippen LogP contribution in [0, 0.1) is 29.2 Å². The molecule has 230 valence electrons. The van der Waals surface area contributed by atoms with Gasteiger partial charge in [0.05, 0.1) is 57.6 Å². The number of hydrogen-bond acceptors (Lipinski definition) is 2. The molecule has 0 atom stereocenters. The molecule has 9 aromatic rings. The van der Waals surface area contributed by atoms with Gasteiger partial charge in [0, 0.05) is 27.4 Å². The Hall–Kier alpha value is -7.39. The Balaban J connectivity index is 1.24. The third-order valence-electron chi connectivity index (χ3n) is 9.59. The Kier molecular flexibility index (Phi) is 6.56. The van der Waals surface area contributed by atoms with Crippen LogP contribution in [0.25, 0.3) is 82.1 Å². The van der Waals surface area contributed by atoms with Gasteiger partial charge < -0.3 is 9.13 Å². The highest BCUT2D eigenvalue weighted by Gasteiger charge is 2.20. The van der Waals surface area contributed by atoms with Crippen LogP contribution in [0.2, 0.25) is 0 Å². The van der Waals surface area contributed by atoms with Crippen LogP contribution in [0.15, 0.2) is 152 Å². The number of aromatic nitrogens is 2. The monoisotopic (exact) mass is 635 g/mol. The van der Waals surface area contributed by atoms with Gasteiger partial charge in [0.25, 0.3) is 0 Å². The lowest BCUT2D eigenvalue weighted by molar-refractivity contribution is 1.18. The van der Waals surface area contributed by atoms with E-state index in [1.807, 2.05) is 72.8 Å². The molecule has 0 saturated carbocycles. The van der Waals surface area contributed by atoms with E-state index in [1.165, 1.54) is 0 Å². The Labute approximate surface area is 288 Å².